The van der Waals surface area contributed by atoms with Gasteiger partial charge in [0, 0.05) is 77.1 Å². The maximum Gasteiger partial charge on any atom is 0.119 e. The number of pyridine rings is 1. The molecule has 0 aliphatic carbocycles. The summed E-state index contributed by atoms with van der Waals surface area (Å²) in [6.07, 6.45) is 15.0. The van der Waals surface area contributed by atoms with E-state index in [0.29, 0.717) is 36.2 Å². The van der Waals surface area contributed by atoms with E-state index in [-0.39, 0.29) is 0 Å². The van der Waals surface area contributed by atoms with Crippen LogP contribution in [0.15, 0.2) is 128 Å². The normalized spacial score (nSPS) is 18.3. The van der Waals surface area contributed by atoms with Crippen molar-refractivity contribution in [1.29, 1.82) is 0 Å². The average molecular weight is 982 g/mol. The van der Waals surface area contributed by atoms with Crippen molar-refractivity contribution in [3.05, 3.63) is 151 Å². The summed E-state index contributed by atoms with van der Waals surface area (Å²) < 4.78 is 27.5. The molecule has 3 aliphatic rings. The number of hydrogen-bond acceptors (Lipinski definition) is 11. The Hall–Kier alpha value is -5.60. The number of hydrogen-bond donors (Lipinski definition) is 0. The second-order valence-corrected chi connectivity index (χ2v) is 21.4. The number of likely N-dealkylation sites (tertiary alicyclic amines) is 3. The summed E-state index contributed by atoms with van der Waals surface area (Å²) >= 11 is 0. The fourth-order valence-electron chi connectivity index (χ4n) is 9.47. The van der Waals surface area contributed by atoms with Crippen LogP contribution in [0.25, 0.3) is 0 Å². The summed E-state index contributed by atoms with van der Waals surface area (Å²) in [4.78, 5) is 16.0. The van der Waals surface area contributed by atoms with Gasteiger partial charge in [-0.05, 0) is 140 Å². The number of rotatable bonds is 23. The third kappa shape index (κ3) is 19.8. The van der Waals surface area contributed by atoms with Gasteiger partial charge >= 0.3 is 0 Å². The lowest BCUT2D eigenvalue weighted by atomic mass is 10.1. The van der Waals surface area contributed by atoms with Crippen molar-refractivity contribution >= 4 is 0 Å². The minimum Gasteiger partial charge on any atom is -0.493 e. The van der Waals surface area contributed by atoms with Gasteiger partial charge in [-0.15, -0.1) is 5.10 Å². The number of imidazole rings is 1. The number of ether oxygens (including phenoxy) is 4. The summed E-state index contributed by atoms with van der Waals surface area (Å²) in [5, 5.41) is 7.94. The van der Waals surface area contributed by atoms with Crippen LogP contribution >= 0.6 is 0 Å². The Kier molecular flexibility index (Phi) is 22.0. The number of nitrogens with zero attached hydrogens (tertiary/aromatic N) is 9. The fraction of sp³-hybridized carbons (Fsp3) is 0.525. The number of benzene rings is 3. The first-order valence-corrected chi connectivity index (χ1v) is 26.7. The highest BCUT2D eigenvalue weighted by molar-refractivity contribution is 5.30. The summed E-state index contributed by atoms with van der Waals surface area (Å²) in [6, 6.07) is 31.5. The molecule has 3 aromatic heterocycles. The predicted octanol–water partition coefficient (Wildman–Crippen LogP) is 10.4. The fourth-order valence-corrected chi connectivity index (χ4v) is 9.47. The Balaban J connectivity index is 0.000000159. The molecule has 3 unspecified atom stereocenters. The van der Waals surface area contributed by atoms with Crippen LogP contribution in [0.1, 0.15) is 83.2 Å². The molecule has 0 saturated carbocycles. The van der Waals surface area contributed by atoms with Crippen molar-refractivity contribution in [3.63, 3.8) is 0 Å². The van der Waals surface area contributed by atoms with Crippen LogP contribution in [0.5, 0.6) is 17.2 Å². The molecule has 6 heterocycles. The van der Waals surface area contributed by atoms with Crippen molar-refractivity contribution < 1.29 is 18.9 Å². The second kappa shape index (κ2) is 29.2. The predicted molar refractivity (Wildman–Crippen MR) is 287 cm³/mol. The first-order valence-electron chi connectivity index (χ1n) is 26.7. The Morgan fingerprint density at radius 3 is 1.51 bits per heavy atom. The van der Waals surface area contributed by atoms with Crippen molar-refractivity contribution in [3.8, 4) is 17.2 Å². The third-order valence-electron chi connectivity index (χ3n) is 13.0. The van der Waals surface area contributed by atoms with E-state index < -0.39 is 0 Å². The highest BCUT2D eigenvalue weighted by Crippen LogP contribution is 2.25. The first-order chi connectivity index (χ1) is 35.1. The standard InChI is InChI=1S/C22H30N2O2.C19H27N3O.C18H26N4O/c1-18(2)15-26-22-8-5-6-19(12-22)13-24-11-9-20(14-24)16-25-17-21-7-3-4-10-23-21;1-16(2)14-23-19-5-3-4-17(10-19)11-21-8-6-18(12-21)13-22-9-7-20-15-22;1-15(2)14-23-18-5-3-4-16(10-18)11-21-8-6-17(12-21)13-22-9-7-19-20-22/h3-8,10,12,18,20H,9,11,13-17H2,1-2H3;3-5,7,9-10,15-16,18H,6,8,11-14H2,1-2H3;3-5,7,9-10,15,17H,6,8,11-14H2,1-2H3. The van der Waals surface area contributed by atoms with Crippen molar-refractivity contribution in [2.75, 3.05) is 65.7 Å². The molecule has 0 radical (unpaired) electrons. The van der Waals surface area contributed by atoms with Crippen LogP contribution < -0.4 is 14.2 Å². The minimum atomic E-state index is 0.545. The molecule has 6 aromatic rings. The summed E-state index contributed by atoms with van der Waals surface area (Å²) in [6.45, 7) is 28.6. The van der Waals surface area contributed by atoms with E-state index in [1.165, 1.54) is 42.5 Å². The quantitative estimate of drug-likeness (QED) is 0.0612. The van der Waals surface area contributed by atoms with Gasteiger partial charge in [-0.2, -0.15) is 0 Å². The van der Waals surface area contributed by atoms with Gasteiger partial charge in [0.05, 0.1) is 51.3 Å². The van der Waals surface area contributed by atoms with Crippen LogP contribution in [0, 0.1) is 35.5 Å². The van der Waals surface area contributed by atoms with E-state index in [1.807, 2.05) is 59.9 Å². The van der Waals surface area contributed by atoms with Crippen LogP contribution in [-0.2, 0) is 44.1 Å². The van der Waals surface area contributed by atoms with E-state index in [2.05, 4.69) is 148 Å². The Bertz CT molecular complexity index is 2270. The van der Waals surface area contributed by atoms with E-state index in [9.17, 15) is 0 Å². The lowest BCUT2D eigenvalue weighted by molar-refractivity contribution is 0.0864. The molecule has 388 valence electrons. The molecule has 0 N–H and O–H groups in total. The lowest BCUT2D eigenvalue weighted by Crippen LogP contribution is -2.21. The van der Waals surface area contributed by atoms with Gasteiger partial charge < -0.3 is 23.5 Å². The second-order valence-electron chi connectivity index (χ2n) is 21.4. The smallest absolute Gasteiger partial charge is 0.119 e. The molecule has 3 saturated heterocycles. The highest BCUT2D eigenvalue weighted by Gasteiger charge is 2.25. The van der Waals surface area contributed by atoms with Crippen molar-refractivity contribution in [1.82, 2.24) is 44.2 Å². The van der Waals surface area contributed by atoms with Gasteiger partial charge in [0.1, 0.15) is 17.2 Å². The summed E-state index contributed by atoms with van der Waals surface area (Å²) in [5.74, 6) is 6.60. The molecule has 3 aliphatic heterocycles. The summed E-state index contributed by atoms with van der Waals surface area (Å²) in [5.41, 5.74) is 4.99. The zero-order chi connectivity index (χ0) is 50.3. The van der Waals surface area contributed by atoms with Gasteiger partial charge in [0.15, 0.2) is 0 Å². The first kappa shape index (κ1) is 54.2. The van der Waals surface area contributed by atoms with Gasteiger partial charge in [-0.3, -0.25) is 24.4 Å². The molecule has 3 atom stereocenters. The molecule has 0 bridgehead atoms. The molecule has 13 nitrogen and oxygen atoms in total. The average Bonchev–Trinajstić information content (AvgIpc) is 4.26. The topological polar surface area (TPSA) is 108 Å². The molecule has 72 heavy (non-hydrogen) atoms. The molecule has 0 spiro atoms. The lowest BCUT2D eigenvalue weighted by Gasteiger charge is -2.17. The molecule has 3 aromatic carbocycles. The Morgan fingerprint density at radius 1 is 0.542 bits per heavy atom. The van der Waals surface area contributed by atoms with E-state index >= 15 is 0 Å². The SMILES string of the molecule is CC(C)COc1cccc(CN2CCC(COCc3ccccn3)C2)c1.CC(C)COc1cccc(CN2CCC(Cn3ccnc3)C2)c1.CC(C)COc1cccc(CN2CCC(Cn3ccnn3)C2)c1. The van der Waals surface area contributed by atoms with Gasteiger partial charge in [0.2, 0.25) is 0 Å². The number of aromatic nitrogens is 6. The monoisotopic (exact) mass is 982 g/mol. The summed E-state index contributed by atoms with van der Waals surface area (Å²) in [7, 11) is 0. The van der Waals surface area contributed by atoms with Crippen LogP contribution in [0.4, 0.5) is 0 Å². The van der Waals surface area contributed by atoms with Crippen LogP contribution in [-0.4, -0.2) is 110 Å². The third-order valence-corrected chi connectivity index (χ3v) is 13.0. The highest BCUT2D eigenvalue weighted by atomic mass is 16.5. The maximum absolute atomic E-state index is 5.87. The zero-order valence-corrected chi connectivity index (χ0v) is 44.2. The van der Waals surface area contributed by atoms with E-state index in [4.69, 9.17) is 18.9 Å². The largest absolute Gasteiger partial charge is 0.493 e. The Labute approximate surface area is 430 Å². The Morgan fingerprint density at radius 2 is 1.06 bits per heavy atom. The molecular formula is C59H83N9O4. The van der Waals surface area contributed by atoms with Gasteiger partial charge in [-0.25, -0.2) is 4.98 Å². The van der Waals surface area contributed by atoms with E-state index in [0.717, 1.165) is 121 Å². The molecule has 13 heteroatoms. The maximum atomic E-state index is 5.87. The van der Waals surface area contributed by atoms with Gasteiger partial charge in [-0.1, -0.05) is 89.2 Å². The van der Waals surface area contributed by atoms with Crippen LogP contribution in [0.3, 0.4) is 0 Å². The van der Waals surface area contributed by atoms with Gasteiger partial charge in [0.25, 0.3) is 0 Å². The minimum absolute atomic E-state index is 0.545. The molecule has 0 amide bonds. The zero-order valence-electron chi connectivity index (χ0n) is 44.2. The molecular weight excluding hydrogens is 899 g/mol. The van der Waals surface area contributed by atoms with Crippen molar-refractivity contribution in [2.24, 2.45) is 35.5 Å². The van der Waals surface area contributed by atoms with Crippen LogP contribution in [0.2, 0.25) is 0 Å². The van der Waals surface area contributed by atoms with Crippen molar-refractivity contribution in [2.45, 2.75) is 100 Å². The molecule has 9 rings (SSSR count). The van der Waals surface area contributed by atoms with E-state index in [1.54, 1.807) is 6.20 Å². The molecule has 3 fully saturated rings.